The van der Waals surface area contributed by atoms with Gasteiger partial charge in [-0.05, 0) is 36.7 Å². The normalized spacial score (nSPS) is 12.7. The maximum Gasteiger partial charge on any atom is 0.0292 e. The zero-order valence-corrected chi connectivity index (χ0v) is 13.6. The molecular formula is C19H23NS. The lowest BCUT2D eigenvalue weighted by Gasteiger charge is -2.13. The Bertz CT molecular complexity index is 563. The summed E-state index contributed by atoms with van der Waals surface area (Å²) in [5.74, 6) is 0.994. The van der Waals surface area contributed by atoms with Crippen LogP contribution in [0.4, 0.5) is 0 Å². The van der Waals surface area contributed by atoms with Gasteiger partial charge in [-0.1, -0.05) is 61.5 Å². The number of benzene rings is 2. The van der Waals surface area contributed by atoms with Crippen LogP contribution >= 0.6 is 11.8 Å². The lowest BCUT2D eigenvalue weighted by atomic mass is 10.1. The molecule has 1 nitrogen and oxygen atoms in total. The SMILES string of the molecule is CCNC(C)c1cccc(SCC=Cc2ccccc2)c1. The molecule has 0 aliphatic carbocycles. The fraction of sp³-hybridized carbons (Fsp3) is 0.263. The summed E-state index contributed by atoms with van der Waals surface area (Å²) in [6.45, 7) is 5.35. The molecule has 0 heterocycles. The summed E-state index contributed by atoms with van der Waals surface area (Å²) < 4.78 is 0. The Balaban J connectivity index is 1.88. The minimum Gasteiger partial charge on any atom is -0.310 e. The third-order valence-corrected chi connectivity index (χ3v) is 4.27. The molecule has 0 aliphatic rings. The molecule has 1 N–H and O–H groups in total. The van der Waals surface area contributed by atoms with Crippen molar-refractivity contribution in [3.05, 3.63) is 71.8 Å². The highest BCUT2D eigenvalue weighted by Crippen LogP contribution is 2.22. The zero-order valence-electron chi connectivity index (χ0n) is 12.8. The highest BCUT2D eigenvalue weighted by molar-refractivity contribution is 7.99. The fourth-order valence-electron chi connectivity index (χ4n) is 2.19. The zero-order chi connectivity index (χ0) is 14.9. The van der Waals surface area contributed by atoms with Crippen LogP contribution in [0.25, 0.3) is 6.08 Å². The average molecular weight is 297 g/mol. The van der Waals surface area contributed by atoms with Gasteiger partial charge < -0.3 is 5.32 Å². The molecule has 0 radical (unpaired) electrons. The Hall–Kier alpha value is -1.51. The summed E-state index contributed by atoms with van der Waals surface area (Å²) in [7, 11) is 0. The molecule has 1 unspecified atom stereocenters. The van der Waals surface area contributed by atoms with Gasteiger partial charge >= 0.3 is 0 Å². The van der Waals surface area contributed by atoms with Crippen LogP contribution in [-0.4, -0.2) is 12.3 Å². The molecule has 2 aromatic carbocycles. The maximum absolute atomic E-state index is 3.45. The minimum absolute atomic E-state index is 0.412. The van der Waals surface area contributed by atoms with E-state index >= 15 is 0 Å². The Morgan fingerprint density at radius 1 is 1.10 bits per heavy atom. The van der Waals surface area contributed by atoms with Crippen molar-refractivity contribution in [2.24, 2.45) is 0 Å². The van der Waals surface area contributed by atoms with Crippen molar-refractivity contribution in [3.8, 4) is 0 Å². The van der Waals surface area contributed by atoms with Gasteiger partial charge in [0, 0.05) is 16.7 Å². The van der Waals surface area contributed by atoms with Gasteiger partial charge in [-0.25, -0.2) is 0 Å². The van der Waals surface area contributed by atoms with Crippen LogP contribution < -0.4 is 5.32 Å². The smallest absolute Gasteiger partial charge is 0.0292 e. The molecule has 2 aromatic rings. The van der Waals surface area contributed by atoms with Crippen molar-refractivity contribution in [1.82, 2.24) is 5.32 Å². The van der Waals surface area contributed by atoms with Gasteiger partial charge in [-0.3, -0.25) is 0 Å². The largest absolute Gasteiger partial charge is 0.310 e. The minimum atomic E-state index is 0.412. The van der Waals surface area contributed by atoms with Gasteiger partial charge in [0.2, 0.25) is 0 Å². The highest BCUT2D eigenvalue weighted by atomic mass is 32.2. The molecule has 0 fully saturated rings. The van der Waals surface area contributed by atoms with E-state index in [1.807, 2.05) is 17.8 Å². The second-order valence-corrected chi connectivity index (χ2v) is 6.07. The molecule has 21 heavy (non-hydrogen) atoms. The molecule has 0 aliphatic heterocycles. The van der Waals surface area contributed by atoms with Crippen LogP contribution in [0, 0.1) is 0 Å². The van der Waals surface area contributed by atoms with Crippen molar-refractivity contribution in [2.45, 2.75) is 24.8 Å². The van der Waals surface area contributed by atoms with Gasteiger partial charge in [-0.15, -0.1) is 11.8 Å². The van der Waals surface area contributed by atoms with Crippen molar-refractivity contribution in [2.75, 3.05) is 12.3 Å². The number of hydrogen-bond donors (Lipinski definition) is 1. The first kappa shape index (κ1) is 15.9. The van der Waals surface area contributed by atoms with E-state index in [1.165, 1.54) is 16.0 Å². The van der Waals surface area contributed by atoms with Crippen LogP contribution in [0.2, 0.25) is 0 Å². The highest BCUT2D eigenvalue weighted by Gasteiger charge is 2.03. The summed E-state index contributed by atoms with van der Waals surface area (Å²) in [5.41, 5.74) is 2.61. The quantitative estimate of drug-likeness (QED) is 0.708. The predicted octanol–water partition coefficient (Wildman–Crippen LogP) is 5.16. The van der Waals surface area contributed by atoms with E-state index in [1.54, 1.807) is 0 Å². The summed E-state index contributed by atoms with van der Waals surface area (Å²) in [6.07, 6.45) is 4.40. The second-order valence-electron chi connectivity index (χ2n) is 4.98. The number of hydrogen-bond acceptors (Lipinski definition) is 2. The van der Waals surface area contributed by atoms with Crippen LogP contribution in [0.1, 0.15) is 31.0 Å². The van der Waals surface area contributed by atoms with E-state index in [-0.39, 0.29) is 0 Å². The molecular weight excluding hydrogens is 274 g/mol. The van der Waals surface area contributed by atoms with Crippen molar-refractivity contribution < 1.29 is 0 Å². The lowest BCUT2D eigenvalue weighted by molar-refractivity contribution is 0.597. The molecule has 0 saturated carbocycles. The maximum atomic E-state index is 3.45. The van der Waals surface area contributed by atoms with Crippen molar-refractivity contribution >= 4 is 17.8 Å². The fourth-order valence-corrected chi connectivity index (χ4v) is 2.97. The van der Waals surface area contributed by atoms with E-state index in [0.29, 0.717) is 6.04 Å². The van der Waals surface area contributed by atoms with E-state index < -0.39 is 0 Å². The first-order chi connectivity index (χ1) is 10.3. The molecule has 2 rings (SSSR count). The summed E-state index contributed by atoms with van der Waals surface area (Å²) >= 11 is 1.87. The Kier molecular flexibility index (Phi) is 6.58. The van der Waals surface area contributed by atoms with Gasteiger partial charge in [0.25, 0.3) is 0 Å². The van der Waals surface area contributed by atoms with Gasteiger partial charge in [-0.2, -0.15) is 0 Å². The molecule has 0 spiro atoms. The molecule has 0 amide bonds. The van der Waals surface area contributed by atoms with Gasteiger partial charge in [0.15, 0.2) is 0 Å². The second kappa shape index (κ2) is 8.71. The predicted molar refractivity (Wildman–Crippen MR) is 94.7 cm³/mol. The van der Waals surface area contributed by atoms with Gasteiger partial charge in [0.05, 0.1) is 0 Å². The van der Waals surface area contributed by atoms with Crippen LogP contribution in [0.15, 0.2) is 65.6 Å². The number of thioether (sulfide) groups is 1. The number of rotatable bonds is 7. The molecule has 1 atom stereocenters. The van der Waals surface area contributed by atoms with Crippen molar-refractivity contribution in [3.63, 3.8) is 0 Å². The Morgan fingerprint density at radius 2 is 1.90 bits per heavy atom. The van der Waals surface area contributed by atoms with Crippen LogP contribution in [-0.2, 0) is 0 Å². The Labute approximate surface area is 132 Å². The summed E-state index contributed by atoms with van der Waals surface area (Å²) in [6, 6.07) is 19.6. The summed E-state index contributed by atoms with van der Waals surface area (Å²) in [5, 5.41) is 3.45. The molecule has 0 aromatic heterocycles. The van der Waals surface area contributed by atoms with E-state index in [0.717, 1.165) is 12.3 Å². The van der Waals surface area contributed by atoms with E-state index in [4.69, 9.17) is 0 Å². The third kappa shape index (κ3) is 5.41. The molecule has 110 valence electrons. The van der Waals surface area contributed by atoms with E-state index in [2.05, 4.69) is 79.8 Å². The molecule has 0 bridgehead atoms. The third-order valence-electron chi connectivity index (χ3n) is 3.32. The standard InChI is InChI=1S/C19H23NS/c1-3-20-16(2)18-12-7-13-19(15-18)21-14-8-11-17-9-5-4-6-10-17/h4-13,15-16,20H,3,14H2,1-2H3. The van der Waals surface area contributed by atoms with Crippen molar-refractivity contribution in [1.29, 1.82) is 0 Å². The van der Waals surface area contributed by atoms with E-state index in [9.17, 15) is 0 Å². The summed E-state index contributed by atoms with van der Waals surface area (Å²) in [4.78, 5) is 1.33. The molecule has 0 saturated heterocycles. The first-order valence-electron chi connectivity index (χ1n) is 7.47. The topological polar surface area (TPSA) is 12.0 Å². The Morgan fingerprint density at radius 3 is 2.67 bits per heavy atom. The molecule has 2 heteroatoms. The number of nitrogens with one attached hydrogen (secondary N) is 1. The monoisotopic (exact) mass is 297 g/mol. The first-order valence-corrected chi connectivity index (χ1v) is 8.46. The average Bonchev–Trinajstić information content (AvgIpc) is 2.53. The van der Waals surface area contributed by atoms with Gasteiger partial charge in [0.1, 0.15) is 0 Å². The lowest BCUT2D eigenvalue weighted by Crippen LogP contribution is -2.17. The van der Waals surface area contributed by atoms with Crippen LogP contribution in [0.3, 0.4) is 0 Å². The van der Waals surface area contributed by atoms with Crippen LogP contribution in [0.5, 0.6) is 0 Å².